The van der Waals surface area contributed by atoms with Gasteiger partial charge in [0.1, 0.15) is 0 Å². The van der Waals surface area contributed by atoms with E-state index in [-0.39, 0.29) is 17.9 Å². The molecule has 1 aromatic rings. The highest BCUT2D eigenvalue weighted by molar-refractivity contribution is 6.31. The predicted octanol–water partition coefficient (Wildman–Crippen LogP) is 2.71. The molecule has 0 saturated heterocycles. The fourth-order valence-electron chi connectivity index (χ4n) is 1.64. The number of nitrogen functional groups attached to an aromatic ring is 1. The monoisotopic (exact) mass is 284 g/mol. The molecule has 0 saturated carbocycles. The van der Waals surface area contributed by atoms with E-state index in [1.165, 1.54) is 0 Å². The summed E-state index contributed by atoms with van der Waals surface area (Å²) in [5.74, 6) is 0.0969. The standard InChI is InChI=1S/C14H21ClN2O2/c1-4-19-8-13(9(2)3)17-14(18)10-5-11(15)7-12(16)6-10/h5-7,9,13H,4,8,16H2,1-3H3,(H,17,18). The zero-order chi connectivity index (χ0) is 14.4. The molecule has 0 aromatic heterocycles. The molecular weight excluding hydrogens is 264 g/mol. The molecule has 0 heterocycles. The molecule has 106 valence electrons. The number of benzene rings is 1. The summed E-state index contributed by atoms with van der Waals surface area (Å²) in [6.45, 7) is 7.13. The summed E-state index contributed by atoms with van der Waals surface area (Å²) in [5.41, 5.74) is 6.62. The molecule has 19 heavy (non-hydrogen) atoms. The SMILES string of the molecule is CCOCC(NC(=O)c1cc(N)cc(Cl)c1)C(C)C. The maximum Gasteiger partial charge on any atom is 0.251 e. The van der Waals surface area contributed by atoms with Gasteiger partial charge in [0.05, 0.1) is 12.6 Å². The van der Waals surface area contributed by atoms with E-state index in [1.807, 2.05) is 20.8 Å². The molecule has 0 bridgehead atoms. The van der Waals surface area contributed by atoms with Gasteiger partial charge in [-0.15, -0.1) is 0 Å². The lowest BCUT2D eigenvalue weighted by atomic mass is 10.0. The van der Waals surface area contributed by atoms with Crippen LogP contribution >= 0.6 is 11.6 Å². The number of nitrogens with two attached hydrogens (primary N) is 1. The number of carbonyl (C=O) groups excluding carboxylic acids is 1. The van der Waals surface area contributed by atoms with Gasteiger partial charge in [0.25, 0.3) is 5.91 Å². The van der Waals surface area contributed by atoms with Crippen LogP contribution in [-0.2, 0) is 4.74 Å². The summed E-state index contributed by atoms with van der Waals surface area (Å²) >= 11 is 5.89. The minimum Gasteiger partial charge on any atom is -0.399 e. The minimum atomic E-state index is -0.187. The zero-order valence-electron chi connectivity index (χ0n) is 11.6. The largest absolute Gasteiger partial charge is 0.399 e. The maximum atomic E-state index is 12.1. The van der Waals surface area contributed by atoms with Crippen LogP contribution in [0.3, 0.4) is 0 Å². The number of hydrogen-bond donors (Lipinski definition) is 2. The molecular formula is C14H21ClN2O2. The molecule has 0 aliphatic rings. The number of halogens is 1. The van der Waals surface area contributed by atoms with Gasteiger partial charge in [-0.1, -0.05) is 25.4 Å². The number of hydrogen-bond acceptors (Lipinski definition) is 3. The lowest BCUT2D eigenvalue weighted by Gasteiger charge is -2.22. The number of rotatable bonds is 6. The number of carbonyl (C=O) groups is 1. The molecule has 0 radical (unpaired) electrons. The maximum absolute atomic E-state index is 12.1. The molecule has 0 fully saturated rings. The van der Waals surface area contributed by atoms with Gasteiger partial charge in [0.2, 0.25) is 0 Å². The van der Waals surface area contributed by atoms with Crippen LogP contribution < -0.4 is 11.1 Å². The van der Waals surface area contributed by atoms with Gasteiger partial charge < -0.3 is 15.8 Å². The second-order valence-electron chi connectivity index (χ2n) is 4.76. The first-order valence-electron chi connectivity index (χ1n) is 6.38. The quantitative estimate of drug-likeness (QED) is 0.790. The summed E-state index contributed by atoms with van der Waals surface area (Å²) in [6, 6.07) is 4.79. The third-order valence-corrected chi connectivity index (χ3v) is 3.02. The second-order valence-corrected chi connectivity index (χ2v) is 5.19. The van der Waals surface area contributed by atoms with Gasteiger partial charge in [0.15, 0.2) is 0 Å². The van der Waals surface area contributed by atoms with Crippen LogP contribution in [0.5, 0.6) is 0 Å². The highest BCUT2D eigenvalue weighted by Crippen LogP contribution is 2.17. The van der Waals surface area contributed by atoms with Crippen LogP contribution in [-0.4, -0.2) is 25.2 Å². The van der Waals surface area contributed by atoms with Crippen molar-refractivity contribution >= 4 is 23.2 Å². The molecule has 1 aromatic carbocycles. The second kappa shape index (κ2) is 7.36. The zero-order valence-corrected chi connectivity index (χ0v) is 12.3. The molecule has 5 heteroatoms. The third kappa shape index (κ3) is 5.09. The molecule has 1 rings (SSSR count). The van der Waals surface area contributed by atoms with Crippen molar-refractivity contribution < 1.29 is 9.53 Å². The van der Waals surface area contributed by atoms with Crippen LogP contribution in [0.1, 0.15) is 31.1 Å². The molecule has 1 atom stereocenters. The summed E-state index contributed by atoms with van der Waals surface area (Å²) in [7, 11) is 0. The van der Waals surface area contributed by atoms with Crippen molar-refractivity contribution in [3.05, 3.63) is 28.8 Å². The van der Waals surface area contributed by atoms with Crippen LogP contribution in [0.4, 0.5) is 5.69 Å². The van der Waals surface area contributed by atoms with Crippen LogP contribution in [0.15, 0.2) is 18.2 Å². The fraction of sp³-hybridized carbons (Fsp3) is 0.500. The first-order valence-corrected chi connectivity index (χ1v) is 6.76. The van der Waals surface area contributed by atoms with E-state index >= 15 is 0 Å². The number of nitrogens with one attached hydrogen (secondary N) is 1. The highest BCUT2D eigenvalue weighted by Gasteiger charge is 2.17. The van der Waals surface area contributed by atoms with Crippen molar-refractivity contribution in [3.8, 4) is 0 Å². The number of ether oxygens (including phenoxy) is 1. The van der Waals surface area contributed by atoms with Gasteiger partial charge in [-0.25, -0.2) is 0 Å². The Morgan fingerprint density at radius 2 is 2.11 bits per heavy atom. The van der Waals surface area contributed by atoms with Gasteiger partial charge in [-0.3, -0.25) is 4.79 Å². The van der Waals surface area contributed by atoms with Gasteiger partial charge in [-0.05, 0) is 31.0 Å². The van der Waals surface area contributed by atoms with Crippen molar-refractivity contribution in [3.63, 3.8) is 0 Å². The summed E-state index contributed by atoms with van der Waals surface area (Å²) < 4.78 is 5.38. The summed E-state index contributed by atoms with van der Waals surface area (Å²) in [4.78, 5) is 12.1. The minimum absolute atomic E-state index is 0.0346. The van der Waals surface area contributed by atoms with E-state index in [0.717, 1.165) is 0 Å². The lowest BCUT2D eigenvalue weighted by molar-refractivity contribution is 0.0806. The topological polar surface area (TPSA) is 64.3 Å². The fourth-order valence-corrected chi connectivity index (χ4v) is 1.88. The third-order valence-electron chi connectivity index (χ3n) is 2.81. The van der Waals surface area contributed by atoms with Crippen LogP contribution in [0.2, 0.25) is 5.02 Å². The van der Waals surface area contributed by atoms with E-state index in [1.54, 1.807) is 18.2 Å². The Hall–Kier alpha value is -1.26. The molecule has 3 N–H and O–H groups in total. The predicted molar refractivity (Wildman–Crippen MR) is 78.4 cm³/mol. The number of amides is 1. The molecule has 4 nitrogen and oxygen atoms in total. The summed E-state index contributed by atoms with van der Waals surface area (Å²) in [5, 5.41) is 3.40. The van der Waals surface area contributed by atoms with Gasteiger partial charge in [-0.2, -0.15) is 0 Å². The van der Waals surface area contributed by atoms with Gasteiger partial charge >= 0.3 is 0 Å². The van der Waals surface area contributed by atoms with E-state index in [9.17, 15) is 4.79 Å². The molecule has 0 spiro atoms. The van der Waals surface area contributed by atoms with Crippen LogP contribution in [0, 0.1) is 5.92 Å². The van der Waals surface area contributed by atoms with E-state index in [4.69, 9.17) is 22.1 Å². The first-order chi connectivity index (χ1) is 8.93. The highest BCUT2D eigenvalue weighted by atomic mass is 35.5. The van der Waals surface area contributed by atoms with Crippen molar-refractivity contribution in [2.24, 2.45) is 5.92 Å². The Bertz CT molecular complexity index is 415. The van der Waals surface area contributed by atoms with Crippen molar-refractivity contribution in [1.82, 2.24) is 5.32 Å². The Morgan fingerprint density at radius 3 is 2.63 bits per heavy atom. The lowest BCUT2D eigenvalue weighted by Crippen LogP contribution is -2.41. The Morgan fingerprint density at radius 1 is 1.42 bits per heavy atom. The molecule has 0 aliphatic carbocycles. The van der Waals surface area contributed by atoms with Crippen molar-refractivity contribution in [1.29, 1.82) is 0 Å². The normalized spacial score (nSPS) is 12.5. The number of anilines is 1. The Labute approximate surface area is 119 Å². The average molecular weight is 285 g/mol. The smallest absolute Gasteiger partial charge is 0.251 e. The van der Waals surface area contributed by atoms with Gasteiger partial charge in [0, 0.05) is 22.9 Å². The Balaban J connectivity index is 2.75. The van der Waals surface area contributed by atoms with E-state index < -0.39 is 0 Å². The van der Waals surface area contributed by atoms with E-state index in [2.05, 4.69) is 5.32 Å². The molecule has 1 amide bonds. The molecule has 0 aliphatic heterocycles. The average Bonchev–Trinajstić information content (AvgIpc) is 2.32. The molecule has 1 unspecified atom stereocenters. The van der Waals surface area contributed by atoms with Crippen LogP contribution in [0.25, 0.3) is 0 Å². The first kappa shape index (κ1) is 15.8. The van der Waals surface area contributed by atoms with Crippen molar-refractivity contribution in [2.75, 3.05) is 18.9 Å². The van der Waals surface area contributed by atoms with Crippen molar-refractivity contribution in [2.45, 2.75) is 26.8 Å². The van der Waals surface area contributed by atoms with E-state index in [0.29, 0.717) is 29.5 Å². The Kier molecular flexibility index (Phi) is 6.12. The summed E-state index contributed by atoms with van der Waals surface area (Å²) in [6.07, 6.45) is 0.